The summed E-state index contributed by atoms with van der Waals surface area (Å²) >= 11 is 0. The first-order chi connectivity index (χ1) is 8.45. The minimum Gasteiger partial charge on any atom is -0.485 e. The molecule has 0 aliphatic heterocycles. The van der Waals surface area contributed by atoms with E-state index in [9.17, 15) is 17.6 Å². The quantitative estimate of drug-likeness (QED) is 0.770. The van der Waals surface area contributed by atoms with Gasteiger partial charge in [-0.05, 0) is 6.42 Å². The van der Waals surface area contributed by atoms with Gasteiger partial charge in [-0.15, -0.1) is 0 Å². The number of nitrogens with zero attached hydrogens (tertiary/aromatic N) is 1. The largest absolute Gasteiger partial charge is 0.485 e. The van der Waals surface area contributed by atoms with Crippen LogP contribution in [0.1, 0.15) is 13.3 Å². The summed E-state index contributed by atoms with van der Waals surface area (Å²) in [5.41, 5.74) is 0.592. The molecule has 1 aromatic heterocycles. The molecular weight excluding hydrogens is 252 g/mol. The molecule has 7 heteroatoms. The van der Waals surface area contributed by atoms with Crippen molar-refractivity contribution in [3.8, 4) is 5.75 Å². The number of rotatable bonds is 7. The number of aromatic nitrogens is 1. The highest BCUT2D eigenvalue weighted by molar-refractivity contribution is 5.45. The number of nitrogens with one attached hydrogen (secondary N) is 1. The number of halogens is 4. The highest BCUT2D eigenvalue weighted by atomic mass is 19.3. The van der Waals surface area contributed by atoms with Crippen LogP contribution in [-0.2, 0) is 0 Å². The second-order valence-electron chi connectivity index (χ2n) is 3.69. The highest BCUT2D eigenvalue weighted by Gasteiger charge is 2.41. The Labute approximate surface area is 102 Å². The van der Waals surface area contributed by atoms with Crippen molar-refractivity contribution in [1.82, 2.24) is 4.98 Å². The van der Waals surface area contributed by atoms with Crippen LogP contribution >= 0.6 is 0 Å². The molecule has 0 fully saturated rings. The van der Waals surface area contributed by atoms with Crippen LogP contribution in [0.25, 0.3) is 0 Å². The molecule has 1 heterocycles. The summed E-state index contributed by atoms with van der Waals surface area (Å²) in [6, 6.07) is 1.43. The molecule has 18 heavy (non-hydrogen) atoms. The van der Waals surface area contributed by atoms with Gasteiger partial charge in [0.15, 0.2) is 6.61 Å². The van der Waals surface area contributed by atoms with E-state index >= 15 is 0 Å². The van der Waals surface area contributed by atoms with Crippen LogP contribution in [0.2, 0.25) is 0 Å². The molecule has 0 saturated carbocycles. The Morgan fingerprint density at radius 2 is 2.11 bits per heavy atom. The Hall–Kier alpha value is -1.53. The molecule has 0 aromatic carbocycles. The molecule has 0 bridgehead atoms. The van der Waals surface area contributed by atoms with Crippen molar-refractivity contribution >= 4 is 5.69 Å². The lowest BCUT2D eigenvalue weighted by atomic mass is 10.3. The van der Waals surface area contributed by atoms with Crippen molar-refractivity contribution in [3.05, 3.63) is 18.5 Å². The Morgan fingerprint density at radius 3 is 2.72 bits per heavy atom. The Bertz CT molecular complexity index is 374. The highest BCUT2D eigenvalue weighted by Crippen LogP contribution is 2.24. The molecule has 0 spiro atoms. The number of pyridine rings is 1. The summed E-state index contributed by atoms with van der Waals surface area (Å²) < 4.78 is 53.7. The van der Waals surface area contributed by atoms with Crippen LogP contribution in [0.15, 0.2) is 18.5 Å². The van der Waals surface area contributed by atoms with Crippen LogP contribution in [0.5, 0.6) is 5.75 Å². The normalized spacial score (nSPS) is 11.7. The van der Waals surface area contributed by atoms with Crippen molar-refractivity contribution in [3.63, 3.8) is 0 Å². The van der Waals surface area contributed by atoms with E-state index in [4.69, 9.17) is 0 Å². The van der Waals surface area contributed by atoms with E-state index in [0.717, 1.165) is 6.42 Å². The van der Waals surface area contributed by atoms with Gasteiger partial charge in [-0.1, -0.05) is 6.92 Å². The molecule has 0 saturated heterocycles. The van der Waals surface area contributed by atoms with Crippen molar-refractivity contribution in [2.75, 3.05) is 18.5 Å². The van der Waals surface area contributed by atoms with E-state index in [2.05, 4.69) is 15.0 Å². The third-order valence-electron chi connectivity index (χ3n) is 2.04. The molecule has 1 rings (SSSR count). The molecule has 0 aliphatic rings. The summed E-state index contributed by atoms with van der Waals surface area (Å²) in [6.45, 7) is 1.28. The fourth-order valence-electron chi connectivity index (χ4n) is 1.11. The standard InChI is InChI=1S/C11H14F4N2O/c1-2-3-17-8-4-9(6-16-5-8)18-7-11(14,15)10(12)13/h4-6,10,17H,2-3,7H2,1H3. The van der Waals surface area contributed by atoms with E-state index < -0.39 is 19.0 Å². The molecule has 0 atom stereocenters. The Morgan fingerprint density at radius 1 is 1.39 bits per heavy atom. The van der Waals surface area contributed by atoms with E-state index in [1.54, 1.807) is 0 Å². The second-order valence-corrected chi connectivity index (χ2v) is 3.69. The van der Waals surface area contributed by atoms with E-state index in [1.807, 2.05) is 6.92 Å². The fourth-order valence-corrected chi connectivity index (χ4v) is 1.11. The average Bonchev–Trinajstić information content (AvgIpc) is 2.34. The third kappa shape index (κ3) is 4.38. The summed E-state index contributed by atoms with van der Waals surface area (Å²) in [4.78, 5) is 3.76. The lowest BCUT2D eigenvalue weighted by Gasteiger charge is -2.16. The lowest BCUT2D eigenvalue weighted by molar-refractivity contribution is -0.148. The molecule has 0 aliphatic carbocycles. The van der Waals surface area contributed by atoms with E-state index in [0.29, 0.717) is 12.2 Å². The molecule has 0 unspecified atom stereocenters. The first-order valence-electron chi connectivity index (χ1n) is 5.43. The van der Waals surface area contributed by atoms with Gasteiger partial charge in [-0.2, -0.15) is 8.78 Å². The van der Waals surface area contributed by atoms with Gasteiger partial charge < -0.3 is 10.1 Å². The van der Waals surface area contributed by atoms with Crippen LogP contribution in [0.3, 0.4) is 0 Å². The smallest absolute Gasteiger partial charge is 0.340 e. The zero-order valence-electron chi connectivity index (χ0n) is 9.80. The van der Waals surface area contributed by atoms with Crippen LogP contribution in [-0.4, -0.2) is 30.5 Å². The third-order valence-corrected chi connectivity index (χ3v) is 2.04. The predicted molar refractivity (Wildman–Crippen MR) is 59.5 cm³/mol. The van der Waals surface area contributed by atoms with Gasteiger partial charge in [0, 0.05) is 12.6 Å². The Balaban J connectivity index is 2.57. The minimum atomic E-state index is -4.16. The maximum atomic E-state index is 12.6. The van der Waals surface area contributed by atoms with Crippen molar-refractivity contribution in [2.24, 2.45) is 0 Å². The van der Waals surface area contributed by atoms with Gasteiger partial charge in [0.2, 0.25) is 0 Å². The molecule has 0 radical (unpaired) electrons. The second kappa shape index (κ2) is 6.42. The minimum absolute atomic E-state index is 0.0245. The van der Waals surface area contributed by atoms with Crippen LogP contribution < -0.4 is 10.1 Å². The van der Waals surface area contributed by atoms with Gasteiger partial charge in [-0.25, -0.2) is 8.78 Å². The lowest BCUT2D eigenvalue weighted by Crippen LogP contribution is -2.33. The van der Waals surface area contributed by atoms with Crippen molar-refractivity contribution < 1.29 is 22.3 Å². The van der Waals surface area contributed by atoms with Crippen LogP contribution in [0.4, 0.5) is 23.2 Å². The number of hydrogen-bond donors (Lipinski definition) is 1. The van der Waals surface area contributed by atoms with Gasteiger partial charge in [0.1, 0.15) is 5.75 Å². The fraction of sp³-hybridized carbons (Fsp3) is 0.545. The zero-order chi connectivity index (χ0) is 13.6. The SMILES string of the molecule is CCCNc1cncc(OCC(F)(F)C(F)F)c1. The summed E-state index contributed by atoms with van der Waals surface area (Å²) in [5, 5.41) is 2.98. The average molecular weight is 266 g/mol. The van der Waals surface area contributed by atoms with Crippen molar-refractivity contribution in [1.29, 1.82) is 0 Å². The predicted octanol–water partition coefficient (Wildman–Crippen LogP) is 3.18. The maximum absolute atomic E-state index is 12.6. The number of hydrogen-bond acceptors (Lipinski definition) is 3. The molecule has 0 amide bonds. The maximum Gasteiger partial charge on any atom is 0.340 e. The first kappa shape index (κ1) is 14.5. The Kier molecular flexibility index (Phi) is 5.18. The van der Waals surface area contributed by atoms with Crippen LogP contribution in [0, 0.1) is 0 Å². The molecule has 102 valence electrons. The monoisotopic (exact) mass is 266 g/mol. The van der Waals surface area contributed by atoms with E-state index in [-0.39, 0.29) is 5.75 Å². The van der Waals surface area contributed by atoms with Gasteiger partial charge in [0.25, 0.3) is 0 Å². The zero-order valence-corrected chi connectivity index (χ0v) is 9.80. The molecule has 3 nitrogen and oxygen atoms in total. The first-order valence-corrected chi connectivity index (χ1v) is 5.43. The van der Waals surface area contributed by atoms with Gasteiger partial charge >= 0.3 is 12.3 Å². The van der Waals surface area contributed by atoms with Gasteiger partial charge in [0.05, 0.1) is 18.1 Å². The number of anilines is 1. The van der Waals surface area contributed by atoms with E-state index in [1.165, 1.54) is 18.5 Å². The molecule has 1 N–H and O–H groups in total. The summed E-state index contributed by atoms with van der Waals surface area (Å²) in [5.74, 6) is -4.14. The van der Waals surface area contributed by atoms with Crippen molar-refractivity contribution in [2.45, 2.75) is 25.7 Å². The van der Waals surface area contributed by atoms with Gasteiger partial charge in [-0.3, -0.25) is 4.98 Å². The summed E-state index contributed by atoms with van der Waals surface area (Å²) in [6.07, 6.45) is -0.173. The summed E-state index contributed by atoms with van der Waals surface area (Å²) in [7, 11) is 0. The number of ether oxygens (including phenoxy) is 1. The molecular formula is C11H14F4N2O. The topological polar surface area (TPSA) is 34.2 Å². The molecule has 1 aromatic rings. The number of alkyl halides is 4.